The zero-order valence-electron chi connectivity index (χ0n) is 12.8. The van der Waals surface area contributed by atoms with Crippen LogP contribution in [0.25, 0.3) is 0 Å². The van der Waals surface area contributed by atoms with Gasteiger partial charge < -0.3 is 14.6 Å². The Balaban J connectivity index is 1.86. The molecule has 0 amide bonds. The minimum Gasteiger partial charge on any atom is -0.504 e. The van der Waals surface area contributed by atoms with E-state index in [-0.39, 0.29) is 17.3 Å². The standard InChI is InChI=1S/C18H19NO3/c1-19-8-7-18-11-4-6-14(21-2)17(18)22-16-13(20)5-3-10(15(16)18)9-12(11)19/h3-6,12,17,20H,7-9H2,1-2H3/t12-,17?,18?/m1/s1. The number of likely N-dealkylation sites (tertiary alicyclic amines) is 1. The highest BCUT2D eigenvalue weighted by atomic mass is 16.5. The van der Waals surface area contributed by atoms with Crippen molar-refractivity contribution in [2.75, 3.05) is 20.7 Å². The first kappa shape index (κ1) is 12.6. The van der Waals surface area contributed by atoms with E-state index in [2.05, 4.69) is 24.1 Å². The fraction of sp³-hybridized carbons (Fsp3) is 0.444. The molecule has 1 aromatic carbocycles. The van der Waals surface area contributed by atoms with Gasteiger partial charge in [-0.2, -0.15) is 0 Å². The molecule has 2 heterocycles. The van der Waals surface area contributed by atoms with Crippen molar-refractivity contribution in [2.24, 2.45) is 0 Å². The van der Waals surface area contributed by atoms with Crippen LogP contribution in [0, 0.1) is 0 Å². The Kier molecular flexibility index (Phi) is 2.22. The van der Waals surface area contributed by atoms with Crippen LogP contribution >= 0.6 is 0 Å². The van der Waals surface area contributed by atoms with Gasteiger partial charge in [0.15, 0.2) is 17.6 Å². The van der Waals surface area contributed by atoms with E-state index in [1.165, 1.54) is 16.7 Å². The van der Waals surface area contributed by atoms with Crippen LogP contribution in [0.15, 0.2) is 35.6 Å². The number of benzene rings is 1. The van der Waals surface area contributed by atoms with Crippen molar-refractivity contribution in [2.45, 2.75) is 30.4 Å². The van der Waals surface area contributed by atoms with Crippen LogP contribution in [0.3, 0.4) is 0 Å². The summed E-state index contributed by atoms with van der Waals surface area (Å²) in [7, 11) is 3.90. The molecule has 4 aliphatic rings. The zero-order valence-corrected chi connectivity index (χ0v) is 12.8. The normalized spacial score (nSPS) is 34.5. The number of rotatable bonds is 1. The number of ether oxygens (including phenoxy) is 2. The number of piperidine rings is 1. The molecule has 2 aliphatic carbocycles. The van der Waals surface area contributed by atoms with Crippen molar-refractivity contribution in [3.05, 3.63) is 46.7 Å². The monoisotopic (exact) mass is 297 g/mol. The molecule has 2 aliphatic heterocycles. The molecule has 1 spiro atoms. The van der Waals surface area contributed by atoms with Gasteiger partial charge in [-0.1, -0.05) is 12.1 Å². The predicted molar refractivity (Wildman–Crippen MR) is 82.1 cm³/mol. The number of hydrogen-bond acceptors (Lipinski definition) is 4. The van der Waals surface area contributed by atoms with Crippen LogP contribution < -0.4 is 4.74 Å². The average molecular weight is 297 g/mol. The van der Waals surface area contributed by atoms with Gasteiger partial charge in [0, 0.05) is 11.6 Å². The van der Waals surface area contributed by atoms with E-state index in [4.69, 9.17) is 9.47 Å². The number of likely N-dealkylation sites (N-methyl/N-ethyl adjacent to an activating group) is 1. The number of nitrogens with zero attached hydrogens (tertiary/aromatic N) is 1. The first-order valence-corrected chi connectivity index (χ1v) is 7.85. The van der Waals surface area contributed by atoms with Crippen LogP contribution in [-0.4, -0.2) is 42.9 Å². The lowest BCUT2D eigenvalue weighted by atomic mass is 9.57. The molecule has 1 N–H and O–H groups in total. The van der Waals surface area contributed by atoms with Crippen LogP contribution in [0.5, 0.6) is 11.5 Å². The highest BCUT2D eigenvalue weighted by molar-refractivity contribution is 5.67. The molecule has 1 aromatic rings. The van der Waals surface area contributed by atoms with Crippen molar-refractivity contribution in [1.29, 1.82) is 0 Å². The van der Waals surface area contributed by atoms with Gasteiger partial charge in [0.25, 0.3) is 0 Å². The fourth-order valence-corrected chi connectivity index (χ4v) is 4.95. The second-order valence-corrected chi connectivity index (χ2v) is 6.76. The maximum absolute atomic E-state index is 10.3. The van der Waals surface area contributed by atoms with Gasteiger partial charge in [-0.05, 0) is 49.7 Å². The second kappa shape index (κ2) is 3.87. The number of phenolic OH excluding ortho intramolecular Hbond substituents is 1. The van der Waals surface area contributed by atoms with E-state index < -0.39 is 0 Å². The predicted octanol–water partition coefficient (Wildman–Crippen LogP) is 2.12. The Morgan fingerprint density at radius 2 is 2.23 bits per heavy atom. The van der Waals surface area contributed by atoms with E-state index in [9.17, 15) is 5.11 Å². The van der Waals surface area contributed by atoms with Gasteiger partial charge >= 0.3 is 0 Å². The maximum Gasteiger partial charge on any atom is 0.169 e. The molecule has 4 nitrogen and oxygen atoms in total. The van der Waals surface area contributed by atoms with E-state index in [1.807, 2.05) is 6.08 Å². The van der Waals surface area contributed by atoms with Crippen LogP contribution in [0.4, 0.5) is 0 Å². The van der Waals surface area contributed by atoms with Crippen molar-refractivity contribution in [1.82, 2.24) is 4.90 Å². The summed E-state index contributed by atoms with van der Waals surface area (Å²) < 4.78 is 11.8. The lowest BCUT2D eigenvalue weighted by Crippen LogP contribution is -2.58. The van der Waals surface area contributed by atoms with E-state index in [0.29, 0.717) is 11.8 Å². The fourth-order valence-electron chi connectivity index (χ4n) is 4.95. The summed E-state index contributed by atoms with van der Waals surface area (Å²) in [5.74, 6) is 1.77. The number of methoxy groups -OCH3 is 1. The quantitative estimate of drug-likeness (QED) is 0.862. The van der Waals surface area contributed by atoms with E-state index in [1.54, 1.807) is 13.2 Å². The lowest BCUT2D eigenvalue weighted by Gasteiger charge is -2.52. The molecule has 114 valence electrons. The summed E-state index contributed by atoms with van der Waals surface area (Å²) in [5.41, 5.74) is 3.78. The van der Waals surface area contributed by atoms with E-state index >= 15 is 0 Å². The summed E-state index contributed by atoms with van der Waals surface area (Å²) in [6.45, 7) is 1.04. The Morgan fingerprint density at radius 1 is 1.36 bits per heavy atom. The van der Waals surface area contributed by atoms with Gasteiger partial charge in [-0.25, -0.2) is 0 Å². The largest absolute Gasteiger partial charge is 0.504 e. The highest BCUT2D eigenvalue weighted by Crippen LogP contribution is 2.62. The lowest BCUT2D eigenvalue weighted by molar-refractivity contribution is 0.0735. The Bertz CT molecular complexity index is 751. The minimum atomic E-state index is -0.154. The van der Waals surface area contributed by atoms with Crippen molar-refractivity contribution in [3.8, 4) is 11.5 Å². The van der Waals surface area contributed by atoms with Gasteiger partial charge in [-0.3, -0.25) is 4.90 Å². The number of hydrogen-bond donors (Lipinski definition) is 1. The van der Waals surface area contributed by atoms with Crippen LogP contribution in [-0.2, 0) is 16.6 Å². The molecule has 1 fully saturated rings. The van der Waals surface area contributed by atoms with Gasteiger partial charge in [0.2, 0.25) is 0 Å². The van der Waals surface area contributed by atoms with E-state index in [0.717, 1.165) is 25.1 Å². The third kappa shape index (κ3) is 1.20. The number of aromatic hydroxyl groups is 1. The summed E-state index contributed by atoms with van der Waals surface area (Å²) in [4.78, 5) is 2.44. The minimum absolute atomic E-state index is 0.143. The average Bonchev–Trinajstić information content (AvgIpc) is 2.88. The molecular formula is C18H19NO3. The molecule has 0 aromatic heterocycles. The zero-order chi connectivity index (χ0) is 15.1. The summed E-state index contributed by atoms with van der Waals surface area (Å²) in [6.07, 6.45) is 6.11. The van der Waals surface area contributed by atoms with Crippen LogP contribution in [0.2, 0.25) is 0 Å². The topological polar surface area (TPSA) is 41.9 Å². The maximum atomic E-state index is 10.3. The van der Waals surface area contributed by atoms with Crippen molar-refractivity contribution in [3.63, 3.8) is 0 Å². The summed E-state index contributed by atoms with van der Waals surface area (Å²) >= 11 is 0. The Morgan fingerprint density at radius 3 is 3.05 bits per heavy atom. The first-order chi connectivity index (χ1) is 10.7. The smallest absolute Gasteiger partial charge is 0.169 e. The van der Waals surface area contributed by atoms with Gasteiger partial charge in [-0.15, -0.1) is 0 Å². The number of allylic oxidation sites excluding steroid dienone is 2. The Hall–Kier alpha value is -1.94. The molecule has 2 bridgehead atoms. The molecule has 0 radical (unpaired) electrons. The SMILES string of the molecule is COC1=CC=C2[C@H]3Cc4ccc(O)c5c4C2(CCN3C)C1O5. The molecule has 2 unspecified atom stereocenters. The van der Waals surface area contributed by atoms with Gasteiger partial charge in [0.1, 0.15) is 5.76 Å². The molecule has 1 saturated heterocycles. The third-order valence-electron chi connectivity index (χ3n) is 5.95. The van der Waals surface area contributed by atoms with Crippen molar-refractivity contribution < 1.29 is 14.6 Å². The van der Waals surface area contributed by atoms with Crippen molar-refractivity contribution >= 4 is 0 Å². The molecular weight excluding hydrogens is 278 g/mol. The van der Waals surface area contributed by atoms with Gasteiger partial charge in [0.05, 0.1) is 12.5 Å². The Labute approximate surface area is 129 Å². The second-order valence-electron chi connectivity index (χ2n) is 6.76. The summed E-state index contributed by atoms with van der Waals surface area (Å²) in [6, 6.07) is 4.25. The first-order valence-electron chi connectivity index (χ1n) is 7.85. The number of phenols is 1. The van der Waals surface area contributed by atoms with Crippen LogP contribution in [0.1, 0.15) is 17.5 Å². The summed E-state index contributed by atoms with van der Waals surface area (Å²) in [5, 5.41) is 10.3. The molecule has 0 saturated carbocycles. The third-order valence-corrected chi connectivity index (χ3v) is 5.95. The molecule has 3 atom stereocenters. The molecule has 22 heavy (non-hydrogen) atoms. The molecule has 4 heteroatoms. The highest BCUT2D eigenvalue weighted by Gasteiger charge is 2.61. The molecule has 5 rings (SSSR count).